The van der Waals surface area contributed by atoms with Crippen LogP contribution in [-0.4, -0.2) is 25.9 Å². The molecular formula is C14H20O3S. The van der Waals surface area contributed by atoms with Gasteiger partial charge < -0.3 is 5.11 Å². The van der Waals surface area contributed by atoms with Crippen LogP contribution < -0.4 is 0 Å². The Morgan fingerprint density at radius 3 is 2.28 bits per heavy atom. The molecule has 1 N–H and O–H groups in total. The van der Waals surface area contributed by atoms with E-state index in [9.17, 15) is 13.5 Å². The van der Waals surface area contributed by atoms with E-state index in [-0.39, 0.29) is 6.10 Å². The lowest BCUT2D eigenvalue weighted by molar-refractivity contribution is 0.111. The van der Waals surface area contributed by atoms with Gasteiger partial charge in [-0.15, -0.1) is 0 Å². The molecule has 100 valence electrons. The van der Waals surface area contributed by atoms with Gasteiger partial charge >= 0.3 is 0 Å². The van der Waals surface area contributed by atoms with Crippen LogP contribution in [0.4, 0.5) is 0 Å². The molecule has 0 heterocycles. The molecule has 1 aromatic carbocycles. The average molecular weight is 268 g/mol. The Morgan fingerprint density at radius 1 is 1.22 bits per heavy atom. The summed E-state index contributed by atoms with van der Waals surface area (Å²) in [5.74, 6) is 0.416. The predicted octanol–water partition coefficient (Wildman–Crippen LogP) is 2.18. The minimum atomic E-state index is -3.13. The highest BCUT2D eigenvalue weighted by atomic mass is 32.2. The number of sulfone groups is 1. The number of rotatable bonds is 4. The van der Waals surface area contributed by atoms with E-state index < -0.39 is 9.84 Å². The van der Waals surface area contributed by atoms with Gasteiger partial charge in [0, 0.05) is 6.26 Å². The zero-order chi connectivity index (χ0) is 13.2. The van der Waals surface area contributed by atoms with Crippen molar-refractivity contribution >= 4 is 9.84 Å². The normalized spacial score (nSPS) is 19.0. The molecule has 0 aromatic heterocycles. The van der Waals surface area contributed by atoms with E-state index in [1.54, 1.807) is 24.3 Å². The first kappa shape index (κ1) is 13.6. The van der Waals surface area contributed by atoms with E-state index in [1.807, 2.05) is 0 Å². The standard InChI is InChI=1S/C14H20O3S/c1-18(16,17)13-8-6-11(7-9-13)10-14(15)12-4-2-3-5-12/h6-9,12,14-15H,2-5,10H2,1H3. The average Bonchev–Trinajstić information content (AvgIpc) is 2.82. The highest BCUT2D eigenvalue weighted by Crippen LogP contribution is 2.29. The van der Waals surface area contributed by atoms with Gasteiger partial charge in [0.05, 0.1) is 11.0 Å². The van der Waals surface area contributed by atoms with Gasteiger partial charge in [-0.2, -0.15) is 0 Å². The molecular weight excluding hydrogens is 248 g/mol. The number of benzene rings is 1. The number of aliphatic hydroxyl groups is 1. The largest absolute Gasteiger partial charge is 0.392 e. The number of hydrogen-bond donors (Lipinski definition) is 1. The molecule has 1 saturated carbocycles. The third-order valence-corrected chi connectivity index (χ3v) is 4.87. The van der Waals surface area contributed by atoms with E-state index in [0.717, 1.165) is 18.4 Å². The Hall–Kier alpha value is -0.870. The maximum Gasteiger partial charge on any atom is 0.175 e. The Labute approximate surface area is 109 Å². The molecule has 0 spiro atoms. The van der Waals surface area contributed by atoms with Crippen molar-refractivity contribution in [2.45, 2.75) is 43.1 Å². The molecule has 1 atom stereocenters. The summed E-state index contributed by atoms with van der Waals surface area (Å²) in [6, 6.07) is 6.83. The van der Waals surface area contributed by atoms with Crippen molar-refractivity contribution in [1.82, 2.24) is 0 Å². The third kappa shape index (κ3) is 3.33. The van der Waals surface area contributed by atoms with Gasteiger partial charge in [-0.05, 0) is 42.9 Å². The smallest absolute Gasteiger partial charge is 0.175 e. The zero-order valence-electron chi connectivity index (χ0n) is 10.7. The summed E-state index contributed by atoms with van der Waals surface area (Å²) < 4.78 is 22.7. The molecule has 0 amide bonds. The van der Waals surface area contributed by atoms with E-state index in [1.165, 1.54) is 19.1 Å². The molecule has 4 heteroatoms. The second kappa shape index (κ2) is 5.41. The molecule has 0 saturated heterocycles. The second-order valence-electron chi connectivity index (χ2n) is 5.23. The van der Waals surface area contributed by atoms with Gasteiger partial charge in [-0.1, -0.05) is 25.0 Å². The van der Waals surface area contributed by atoms with E-state index in [4.69, 9.17) is 0 Å². The molecule has 2 rings (SSSR count). The fourth-order valence-corrected chi connectivity index (χ4v) is 3.25. The number of aliphatic hydroxyl groups excluding tert-OH is 1. The lowest BCUT2D eigenvalue weighted by atomic mass is 9.95. The van der Waals surface area contributed by atoms with E-state index in [0.29, 0.717) is 17.2 Å². The zero-order valence-corrected chi connectivity index (χ0v) is 11.5. The molecule has 1 unspecified atom stereocenters. The highest BCUT2D eigenvalue weighted by Gasteiger charge is 2.23. The van der Waals surface area contributed by atoms with Crippen LogP contribution in [0.1, 0.15) is 31.2 Å². The maximum absolute atomic E-state index is 11.3. The van der Waals surface area contributed by atoms with Crippen molar-refractivity contribution in [3.8, 4) is 0 Å². The molecule has 0 aliphatic heterocycles. The summed E-state index contributed by atoms with van der Waals surface area (Å²) in [5, 5.41) is 10.1. The lowest BCUT2D eigenvalue weighted by Crippen LogP contribution is -2.20. The quantitative estimate of drug-likeness (QED) is 0.910. The van der Waals surface area contributed by atoms with Crippen LogP contribution >= 0.6 is 0 Å². The van der Waals surface area contributed by atoms with Gasteiger partial charge in [-0.3, -0.25) is 0 Å². The van der Waals surface area contributed by atoms with Crippen LogP contribution in [0.25, 0.3) is 0 Å². The summed E-state index contributed by atoms with van der Waals surface area (Å²) >= 11 is 0. The van der Waals surface area contributed by atoms with Crippen LogP contribution in [0.5, 0.6) is 0 Å². The van der Waals surface area contributed by atoms with Crippen molar-refractivity contribution in [1.29, 1.82) is 0 Å². The fourth-order valence-electron chi connectivity index (χ4n) is 2.62. The Balaban J connectivity index is 2.02. The van der Waals surface area contributed by atoms with Gasteiger partial charge in [-0.25, -0.2) is 8.42 Å². The van der Waals surface area contributed by atoms with Gasteiger partial charge in [0.15, 0.2) is 9.84 Å². The van der Waals surface area contributed by atoms with Gasteiger partial charge in [0.2, 0.25) is 0 Å². The Morgan fingerprint density at radius 2 is 1.78 bits per heavy atom. The Kier molecular flexibility index (Phi) is 4.07. The van der Waals surface area contributed by atoms with Crippen molar-refractivity contribution < 1.29 is 13.5 Å². The van der Waals surface area contributed by atoms with E-state index >= 15 is 0 Å². The molecule has 1 aliphatic rings. The van der Waals surface area contributed by atoms with Crippen LogP contribution in [0.2, 0.25) is 0 Å². The van der Waals surface area contributed by atoms with Crippen LogP contribution in [0.3, 0.4) is 0 Å². The van der Waals surface area contributed by atoms with Crippen molar-refractivity contribution in [2.24, 2.45) is 5.92 Å². The van der Waals surface area contributed by atoms with Gasteiger partial charge in [0.25, 0.3) is 0 Å². The van der Waals surface area contributed by atoms with Gasteiger partial charge in [0.1, 0.15) is 0 Å². The molecule has 1 aromatic rings. The van der Waals surface area contributed by atoms with Crippen molar-refractivity contribution in [3.05, 3.63) is 29.8 Å². The minimum absolute atomic E-state index is 0.295. The van der Waals surface area contributed by atoms with Crippen LogP contribution in [0, 0.1) is 5.92 Å². The van der Waals surface area contributed by atoms with Crippen molar-refractivity contribution in [2.75, 3.05) is 6.26 Å². The molecule has 0 bridgehead atoms. The maximum atomic E-state index is 11.3. The highest BCUT2D eigenvalue weighted by molar-refractivity contribution is 7.90. The summed E-state index contributed by atoms with van der Waals surface area (Å²) in [6.07, 6.45) is 6.19. The molecule has 18 heavy (non-hydrogen) atoms. The Bertz CT molecular complexity index is 484. The lowest BCUT2D eigenvalue weighted by Gasteiger charge is -2.17. The first-order valence-corrected chi connectivity index (χ1v) is 8.33. The first-order chi connectivity index (χ1) is 8.47. The van der Waals surface area contributed by atoms with Crippen LogP contribution in [0.15, 0.2) is 29.2 Å². The van der Waals surface area contributed by atoms with Crippen LogP contribution in [-0.2, 0) is 16.3 Å². The monoisotopic (exact) mass is 268 g/mol. The molecule has 3 nitrogen and oxygen atoms in total. The summed E-state index contributed by atoms with van der Waals surface area (Å²) in [6.45, 7) is 0. The molecule has 1 aliphatic carbocycles. The fraction of sp³-hybridized carbons (Fsp3) is 0.571. The third-order valence-electron chi connectivity index (χ3n) is 3.74. The van der Waals surface area contributed by atoms with E-state index in [2.05, 4.69) is 0 Å². The van der Waals surface area contributed by atoms with Crippen molar-refractivity contribution in [3.63, 3.8) is 0 Å². The predicted molar refractivity (Wildman–Crippen MR) is 71.2 cm³/mol. The SMILES string of the molecule is CS(=O)(=O)c1ccc(CC(O)C2CCCC2)cc1. The minimum Gasteiger partial charge on any atom is -0.392 e. The molecule has 0 radical (unpaired) electrons. The second-order valence-corrected chi connectivity index (χ2v) is 7.25. The molecule has 1 fully saturated rings. The number of hydrogen-bond acceptors (Lipinski definition) is 3. The topological polar surface area (TPSA) is 54.4 Å². The summed E-state index contributed by atoms with van der Waals surface area (Å²) in [5.41, 5.74) is 1.00. The summed E-state index contributed by atoms with van der Waals surface area (Å²) in [4.78, 5) is 0.335. The summed E-state index contributed by atoms with van der Waals surface area (Å²) in [7, 11) is -3.13. The first-order valence-electron chi connectivity index (χ1n) is 6.44.